The maximum Gasteiger partial charge on any atom is 0.134 e. The number of Topliss-reactive ketones (excluding diaryl/α,β-unsaturated/α-hetero) is 1. The van der Waals surface area contributed by atoms with Crippen molar-refractivity contribution in [3.8, 4) is 5.75 Å². The van der Waals surface area contributed by atoms with Crippen LogP contribution in [0.1, 0.15) is 18.1 Å². The Morgan fingerprint density at radius 1 is 1.50 bits per heavy atom. The summed E-state index contributed by atoms with van der Waals surface area (Å²) in [5.41, 5.74) is 1.90. The van der Waals surface area contributed by atoms with Crippen molar-refractivity contribution in [2.75, 3.05) is 7.11 Å². The number of ether oxygens (including phenoxy) is 1. The molecule has 0 aliphatic carbocycles. The predicted octanol–water partition coefficient (Wildman–Crippen LogP) is 2.57. The first-order valence-corrected chi connectivity index (χ1v) is 4.92. The van der Waals surface area contributed by atoms with E-state index in [1.165, 1.54) is 0 Å². The average molecular weight is 213 g/mol. The van der Waals surface area contributed by atoms with Crippen LogP contribution in [0.5, 0.6) is 5.75 Å². The molecular formula is C11H13ClO2. The summed E-state index contributed by atoms with van der Waals surface area (Å²) in [4.78, 5) is 11.0. The zero-order valence-electron chi connectivity index (χ0n) is 8.34. The van der Waals surface area contributed by atoms with E-state index in [1.807, 2.05) is 18.2 Å². The summed E-state index contributed by atoms with van der Waals surface area (Å²) in [6.45, 7) is 1.56. The third-order valence-electron chi connectivity index (χ3n) is 1.94. The zero-order chi connectivity index (χ0) is 10.6. The number of rotatable bonds is 4. The van der Waals surface area contributed by atoms with Crippen molar-refractivity contribution in [1.29, 1.82) is 0 Å². The van der Waals surface area contributed by atoms with Crippen LogP contribution in [0.25, 0.3) is 0 Å². The van der Waals surface area contributed by atoms with E-state index in [0.29, 0.717) is 12.3 Å². The topological polar surface area (TPSA) is 26.3 Å². The van der Waals surface area contributed by atoms with Gasteiger partial charge in [0.1, 0.15) is 11.5 Å². The van der Waals surface area contributed by atoms with Crippen molar-refractivity contribution in [2.45, 2.75) is 19.2 Å². The molecule has 2 nitrogen and oxygen atoms in total. The number of hydrogen-bond donors (Lipinski definition) is 0. The van der Waals surface area contributed by atoms with Crippen LogP contribution < -0.4 is 4.74 Å². The maximum absolute atomic E-state index is 11.0. The van der Waals surface area contributed by atoms with Crippen LogP contribution in [0.4, 0.5) is 0 Å². The van der Waals surface area contributed by atoms with Crippen LogP contribution in [0.2, 0.25) is 0 Å². The van der Waals surface area contributed by atoms with E-state index in [-0.39, 0.29) is 5.78 Å². The number of alkyl halides is 1. The summed E-state index contributed by atoms with van der Waals surface area (Å²) in [7, 11) is 1.60. The Bertz CT molecular complexity index is 334. The minimum atomic E-state index is 0.120. The Kier molecular flexibility index (Phi) is 3.96. The van der Waals surface area contributed by atoms with Crippen molar-refractivity contribution in [2.24, 2.45) is 0 Å². The van der Waals surface area contributed by atoms with Gasteiger partial charge in [-0.05, 0) is 18.6 Å². The third kappa shape index (κ3) is 2.74. The molecule has 0 heterocycles. The molecule has 0 saturated carbocycles. The van der Waals surface area contributed by atoms with Gasteiger partial charge in [-0.25, -0.2) is 0 Å². The second kappa shape index (κ2) is 5.01. The highest BCUT2D eigenvalue weighted by Crippen LogP contribution is 2.21. The van der Waals surface area contributed by atoms with Gasteiger partial charge < -0.3 is 4.74 Å². The van der Waals surface area contributed by atoms with Crippen LogP contribution in [-0.4, -0.2) is 12.9 Å². The van der Waals surface area contributed by atoms with Crippen LogP contribution in [0.15, 0.2) is 18.2 Å². The first-order valence-electron chi connectivity index (χ1n) is 4.38. The Balaban J connectivity index is 3.01. The van der Waals surface area contributed by atoms with Gasteiger partial charge in [0.05, 0.1) is 7.11 Å². The minimum Gasteiger partial charge on any atom is -0.496 e. The molecule has 0 aliphatic heterocycles. The molecule has 0 aliphatic rings. The Morgan fingerprint density at radius 2 is 2.21 bits per heavy atom. The number of hydrogen-bond acceptors (Lipinski definition) is 2. The number of ketones is 1. The molecule has 0 amide bonds. The number of methoxy groups -OCH3 is 1. The van der Waals surface area contributed by atoms with Gasteiger partial charge in [-0.3, -0.25) is 4.79 Å². The van der Waals surface area contributed by atoms with Gasteiger partial charge in [0, 0.05) is 17.9 Å². The third-order valence-corrected chi connectivity index (χ3v) is 2.25. The number of benzene rings is 1. The Hall–Kier alpha value is -1.02. The number of carbonyl (C=O) groups excluding carboxylic acids is 1. The van der Waals surface area contributed by atoms with Crippen molar-refractivity contribution in [3.63, 3.8) is 0 Å². The molecule has 0 aromatic heterocycles. The van der Waals surface area contributed by atoms with Gasteiger partial charge >= 0.3 is 0 Å². The largest absolute Gasteiger partial charge is 0.496 e. The van der Waals surface area contributed by atoms with E-state index in [0.717, 1.165) is 16.9 Å². The van der Waals surface area contributed by atoms with Gasteiger partial charge in [0.2, 0.25) is 0 Å². The van der Waals surface area contributed by atoms with Crippen molar-refractivity contribution < 1.29 is 9.53 Å². The van der Waals surface area contributed by atoms with Crippen molar-refractivity contribution in [3.05, 3.63) is 29.3 Å². The summed E-state index contributed by atoms with van der Waals surface area (Å²) in [5.74, 6) is 1.32. The first kappa shape index (κ1) is 11.1. The van der Waals surface area contributed by atoms with Crippen LogP contribution >= 0.6 is 11.6 Å². The lowest BCUT2D eigenvalue weighted by atomic mass is 10.1. The molecule has 1 aromatic rings. The normalized spacial score (nSPS) is 9.93. The second-order valence-corrected chi connectivity index (χ2v) is 3.43. The van der Waals surface area contributed by atoms with Gasteiger partial charge in [0.15, 0.2) is 0 Å². The molecule has 0 saturated heterocycles. The molecule has 0 spiro atoms. The van der Waals surface area contributed by atoms with Crippen LogP contribution in [-0.2, 0) is 17.1 Å². The standard InChI is InChI=1S/C11H13ClO2/c1-8(13)5-10-6-9(7-12)3-4-11(10)14-2/h3-4,6H,5,7H2,1-2H3. The van der Waals surface area contributed by atoms with Crippen molar-refractivity contribution >= 4 is 17.4 Å². The average Bonchev–Trinajstić information content (AvgIpc) is 2.16. The maximum atomic E-state index is 11.0. The zero-order valence-corrected chi connectivity index (χ0v) is 9.10. The SMILES string of the molecule is COc1ccc(CCl)cc1CC(C)=O. The van der Waals surface area contributed by atoms with E-state index in [4.69, 9.17) is 16.3 Å². The van der Waals surface area contributed by atoms with E-state index in [2.05, 4.69) is 0 Å². The van der Waals surface area contributed by atoms with Gasteiger partial charge in [-0.1, -0.05) is 12.1 Å². The Labute approximate surface area is 88.8 Å². The number of halogens is 1. The van der Waals surface area contributed by atoms with E-state index >= 15 is 0 Å². The minimum absolute atomic E-state index is 0.120. The molecule has 0 atom stereocenters. The molecule has 76 valence electrons. The van der Waals surface area contributed by atoms with Gasteiger partial charge in [0.25, 0.3) is 0 Å². The summed E-state index contributed by atoms with van der Waals surface area (Å²) in [6, 6.07) is 5.65. The molecule has 0 unspecified atom stereocenters. The smallest absolute Gasteiger partial charge is 0.134 e. The lowest BCUT2D eigenvalue weighted by Crippen LogP contribution is -2.00. The highest BCUT2D eigenvalue weighted by molar-refractivity contribution is 6.17. The molecule has 0 radical (unpaired) electrons. The van der Waals surface area contributed by atoms with Crippen LogP contribution in [0.3, 0.4) is 0 Å². The predicted molar refractivity (Wildman–Crippen MR) is 56.9 cm³/mol. The highest BCUT2D eigenvalue weighted by atomic mass is 35.5. The fraction of sp³-hybridized carbons (Fsp3) is 0.364. The fourth-order valence-corrected chi connectivity index (χ4v) is 1.49. The Morgan fingerprint density at radius 3 is 2.71 bits per heavy atom. The molecule has 3 heteroatoms. The summed E-state index contributed by atoms with van der Waals surface area (Å²) in [6.07, 6.45) is 0.397. The molecule has 0 bridgehead atoms. The first-order chi connectivity index (χ1) is 6.67. The summed E-state index contributed by atoms with van der Waals surface area (Å²) in [5, 5.41) is 0. The number of carbonyl (C=O) groups is 1. The van der Waals surface area contributed by atoms with Gasteiger partial charge in [-0.2, -0.15) is 0 Å². The molecule has 1 aromatic carbocycles. The van der Waals surface area contributed by atoms with Crippen LogP contribution in [0, 0.1) is 0 Å². The molecule has 0 fully saturated rings. The summed E-state index contributed by atoms with van der Waals surface area (Å²) >= 11 is 5.71. The second-order valence-electron chi connectivity index (χ2n) is 3.16. The fourth-order valence-electron chi connectivity index (χ4n) is 1.32. The molecule has 14 heavy (non-hydrogen) atoms. The lowest BCUT2D eigenvalue weighted by Gasteiger charge is -2.08. The highest BCUT2D eigenvalue weighted by Gasteiger charge is 2.06. The molecule has 1 rings (SSSR count). The van der Waals surface area contributed by atoms with Gasteiger partial charge in [-0.15, -0.1) is 11.6 Å². The monoisotopic (exact) mass is 212 g/mol. The van der Waals surface area contributed by atoms with E-state index < -0.39 is 0 Å². The summed E-state index contributed by atoms with van der Waals surface area (Å²) < 4.78 is 5.15. The quantitative estimate of drug-likeness (QED) is 0.718. The van der Waals surface area contributed by atoms with E-state index in [1.54, 1.807) is 14.0 Å². The van der Waals surface area contributed by atoms with E-state index in [9.17, 15) is 4.79 Å². The molecular weight excluding hydrogens is 200 g/mol. The van der Waals surface area contributed by atoms with Crippen molar-refractivity contribution in [1.82, 2.24) is 0 Å². The molecule has 0 N–H and O–H groups in total. The lowest BCUT2D eigenvalue weighted by molar-refractivity contribution is -0.116.